The van der Waals surface area contributed by atoms with Crippen LogP contribution in [0.1, 0.15) is 27.3 Å². The van der Waals surface area contributed by atoms with E-state index in [0.717, 1.165) is 0 Å². The topological polar surface area (TPSA) is 131 Å². The van der Waals surface area contributed by atoms with E-state index in [-0.39, 0.29) is 11.3 Å². The number of pyridine rings is 1. The molecule has 0 aliphatic carbocycles. The highest BCUT2D eigenvalue weighted by Gasteiger charge is 2.44. The van der Waals surface area contributed by atoms with Gasteiger partial charge in [-0.05, 0) is 12.1 Å². The Kier molecular flexibility index (Phi) is 2.99. The maximum absolute atomic E-state index is 12.0. The first-order valence-electron chi connectivity index (χ1n) is 5.27. The van der Waals surface area contributed by atoms with Crippen molar-refractivity contribution in [2.75, 3.05) is 0 Å². The molecule has 2 rings (SSSR count). The molecule has 1 unspecified atom stereocenters. The van der Waals surface area contributed by atoms with Gasteiger partial charge in [-0.1, -0.05) is 0 Å². The van der Waals surface area contributed by atoms with Gasteiger partial charge in [0.25, 0.3) is 11.8 Å². The molecule has 0 aromatic carbocycles. The molecular weight excluding hydrogens is 254 g/mol. The minimum Gasteiger partial charge on any atom is -0.480 e. The molecule has 0 bridgehead atoms. The molecule has 0 saturated carbocycles. The Hall–Kier alpha value is -2.77. The van der Waals surface area contributed by atoms with Crippen LogP contribution in [0.25, 0.3) is 0 Å². The number of nitrogens with zero attached hydrogens (tertiary/aromatic N) is 2. The van der Waals surface area contributed by atoms with Gasteiger partial charge in [0.05, 0.1) is 12.0 Å². The first kappa shape index (κ1) is 12.7. The summed E-state index contributed by atoms with van der Waals surface area (Å²) in [6.45, 7) is 0. The zero-order valence-corrected chi connectivity index (χ0v) is 9.57. The number of primary amides is 1. The van der Waals surface area contributed by atoms with Crippen molar-refractivity contribution in [1.82, 2.24) is 9.88 Å². The van der Waals surface area contributed by atoms with Crippen LogP contribution in [0.2, 0.25) is 0 Å². The average molecular weight is 263 g/mol. The van der Waals surface area contributed by atoms with Gasteiger partial charge in [-0.3, -0.25) is 24.3 Å². The summed E-state index contributed by atoms with van der Waals surface area (Å²) in [5, 5.41) is 9.02. The number of fused-ring (bicyclic) bond motifs is 1. The molecular formula is C11H9N3O5. The number of carboxylic acids is 1. The molecule has 1 atom stereocenters. The molecule has 0 fully saturated rings. The molecule has 1 aliphatic heterocycles. The quantitative estimate of drug-likeness (QED) is 0.670. The van der Waals surface area contributed by atoms with E-state index in [9.17, 15) is 19.2 Å². The second-order valence-corrected chi connectivity index (χ2v) is 3.90. The number of carboxylic acid groups (broad SMARTS) is 1. The number of hydrogen-bond donors (Lipinski definition) is 2. The number of carbonyl (C=O) groups is 4. The predicted molar refractivity (Wildman–Crippen MR) is 60.0 cm³/mol. The van der Waals surface area contributed by atoms with Gasteiger partial charge in [0, 0.05) is 6.20 Å². The van der Waals surface area contributed by atoms with Gasteiger partial charge < -0.3 is 10.8 Å². The number of carbonyl (C=O) groups excluding carboxylic acids is 3. The van der Waals surface area contributed by atoms with Crippen LogP contribution in [0.5, 0.6) is 0 Å². The summed E-state index contributed by atoms with van der Waals surface area (Å²) in [5.41, 5.74) is 4.82. The number of rotatable bonds is 4. The maximum atomic E-state index is 12.0. The minimum atomic E-state index is -1.62. The SMILES string of the molecule is NC(=O)CC(C(=O)O)N1C(=O)c2cccnc2C1=O. The van der Waals surface area contributed by atoms with Crippen LogP contribution < -0.4 is 5.73 Å². The Labute approximate surface area is 106 Å². The summed E-state index contributed by atoms with van der Waals surface area (Å²) in [7, 11) is 0. The van der Waals surface area contributed by atoms with Crippen molar-refractivity contribution in [2.45, 2.75) is 12.5 Å². The van der Waals surface area contributed by atoms with E-state index in [0.29, 0.717) is 4.90 Å². The Bertz CT molecular complexity index is 563. The molecule has 8 heteroatoms. The van der Waals surface area contributed by atoms with E-state index >= 15 is 0 Å². The van der Waals surface area contributed by atoms with Crippen molar-refractivity contribution < 1.29 is 24.3 Å². The van der Waals surface area contributed by atoms with E-state index in [2.05, 4.69) is 4.98 Å². The van der Waals surface area contributed by atoms with Gasteiger partial charge >= 0.3 is 5.97 Å². The summed E-state index contributed by atoms with van der Waals surface area (Å²) < 4.78 is 0. The molecule has 2 heterocycles. The first-order valence-corrected chi connectivity index (χ1v) is 5.27. The van der Waals surface area contributed by atoms with Gasteiger partial charge in [0.1, 0.15) is 11.7 Å². The van der Waals surface area contributed by atoms with E-state index in [1.165, 1.54) is 18.3 Å². The number of imide groups is 1. The van der Waals surface area contributed by atoms with Gasteiger partial charge in [-0.2, -0.15) is 0 Å². The third-order valence-electron chi connectivity index (χ3n) is 2.67. The van der Waals surface area contributed by atoms with Gasteiger partial charge in [-0.15, -0.1) is 0 Å². The molecule has 0 saturated heterocycles. The molecule has 3 N–H and O–H groups in total. The Morgan fingerprint density at radius 2 is 2.05 bits per heavy atom. The second kappa shape index (κ2) is 4.48. The Morgan fingerprint density at radius 1 is 1.37 bits per heavy atom. The molecule has 1 aliphatic rings. The third kappa shape index (κ3) is 2.03. The van der Waals surface area contributed by atoms with E-state index in [1.54, 1.807) is 0 Å². The summed E-state index contributed by atoms with van der Waals surface area (Å²) in [4.78, 5) is 50.1. The summed E-state index contributed by atoms with van der Waals surface area (Å²) >= 11 is 0. The van der Waals surface area contributed by atoms with Crippen LogP contribution in [-0.2, 0) is 9.59 Å². The molecule has 1 aromatic heterocycles. The van der Waals surface area contributed by atoms with E-state index in [4.69, 9.17) is 10.8 Å². The lowest BCUT2D eigenvalue weighted by Gasteiger charge is -2.20. The average Bonchev–Trinajstić information content (AvgIpc) is 2.60. The summed E-state index contributed by atoms with van der Waals surface area (Å²) in [6.07, 6.45) is 0.679. The lowest BCUT2D eigenvalue weighted by Crippen LogP contribution is -2.46. The molecule has 8 nitrogen and oxygen atoms in total. The first-order chi connectivity index (χ1) is 8.93. The highest BCUT2D eigenvalue weighted by molar-refractivity contribution is 6.21. The van der Waals surface area contributed by atoms with Gasteiger partial charge in [0.15, 0.2) is 0 Å². The molecule has 19 heavy (non-hydrogen) atoms. The molecule has 3 amide bonds. The highest BCUT2D eigenvalue weighted by atomic mass is 16.4. The zero-order valence-electron chi connectivity index (χ0n) is 9.57. The largest absolute Gasteiger partial charge is 0.480 e. The maximum Gasteiger partial charge on any atom is 0.327 e. The fraction of sp³-hybridized carbons (Fsp3) is 0.182. The van der Waals surface area contributed by atoms with Crippen molar-refractivity contribution in [1.29, 1.82) is 0 Å². The normalized spacial score (nSPS) is 15.3. The van der Waals surface area contributed by atoms with Crippen LogP contribution >= 0.6 is 0 Å². The minimum absolute atomic E-state index is 0.0169. The summed E-state index contributed by atoms with van der Waals surface area (Å²) in [5.74, 6) is -4.03. The number of aromatic nitrogens is 1. The van der Waals surface area contributed by atoms with E-state index in [1.807, 2.05) is 0 Å². The fourth-order valence-corrected chi connectivity index (χ4v) is 1.85. The van der Waals surface area contributed by atoms with Crippen LogP contribution in [0, 0.1) is 0 Å². The van der Waals surface area contributed by atoms with Crippen LogP contribution in [0.4, 0.5) is 0 Å². The molecule has 98 valence electrons. The standard InChI is InChI=1S/C11H9N3O5/c12-7(15)4-6(11(18)19)14-9(16)5-2-1-3-13-8(5)10(14)17/h1-3,6H,4H2,(H2,12,15)(H,18,19). The van der Waals surface area contributed by atoms with Crippen LogP contribution in [0.3, 0.4) is 0 Å². The number of nitrogens with two attached hydrogens (primary N) is 1. The van der Waals surface area contributed by atoms with E-state index < -0.39 is 36.2 Å². The Morgan fingerprint density at radius 3 is 2.58 bits per heavy atom. The van der Waals surface area contributed by atoms with Crippen molar-refractivity contribution in [2.24, 2.45) is 5.73 Å². The van der Waals surface area contributed by atoms with Crippen molar-refractivity contribution >= 4 is 23.7 Å². The lowest BCUT2D eigenvalue weighted by molar-refractivity contribution is -0.143. The zero-order chi connectivity index (χ0) is 14.2. The number of amides is 3. The number of hydrogen-bond acceptors (Lipinski definition) is 5. The summed E-state index contributed by atoms with van der Waals surface area (Å²) in [6, 6.07) is 1.20. The van der Waals surface area contributed by atoms with Crippen LogP contribution in [-0.4, -0.2) is 44.7 Å². The van der Waals surface area contributed by atoms with Gasteiger partial charge in [-0.25, -0.2) is 4.79 Å². The monoisotopic (exact) mass is 263 g/mol. The van der Waals surface area contributed by atoms with Crippen LogP contribution in [0.15, 0.2) is 18.3 Å². The molecule has 0 radical (unpaired) electrons. The predicted octanol–water partition coefficient (Wildman–Crippen LogP) is -0.994. The highest BCUT2D eigenvalue weighted by Crippen LogP contribution is 2.23. The molecule has 1 aromatic rings. The van der Waals surface area contributed by atoms with Gasteiger partial charge in [0.2, 0.25) is 5.91 Å². The third-order valence-corrected chi connectivity index (χ3v) is 2.67. The second-order valence-electron chi connectivity index (χ2n) is 3.90. The van der Waals surface area contributed by atoms with Crippen molar-refractivity contribution in [3.8, 4) is 0 Å². The van der Waals surface area contributed by atoms with Crippen molar-refractivity contribution in [3.05, 3.63) is 29.6 Å². The number of aliphatic carboxylic acids is 1. The lowest BCUT2D eigenvalue weighted by atomic mass is 10.1. The molecule has 0 spiro atoms. The fourth-order valence-electron chi connectivity index (χ4n) is 1.85. The Balaban J connectivity index is 2.42. The van der Waals surface area contributed by atoms with Crippen molar-refractivity contribution in [3.63, 3.8) is 0 Å². The smallest absolute Gasteiger partial charge is 0.327 e.